The molecule has 0 atom stereocenters. The van der Waals surface area contributed by atoms with Crippen LogP contribution in [-0.2, 0) is 11.2 Å². The lowest BCUT2D eigenvalue weighted by molar-refractivity contribution is -0.354. The van der Waals surface area contributed by atoms with E-state index >= 15 is 4.39 Å². The lowest BCUT2D eigenvalue weighted by Gasteiger charge is -2.35. The summed E-state index contributed by atoms with van der Waals surface area (Å²) in [4.78, 5) is 8.82. The first kappa shape index (κ1) is 23.8. The third kappa shape index (κ3) is 5.14. The van der Waals surface area contributed by atoms with Crippen molar-refractivity contribution in [3.8, 4) is 11.1 Å². The first-order valence-corrected chi connectivity index (χ1v) is 12.7. The van der Waals surface area contributed by atoms with Gasteiger partial charge in [-0.1, -0.05) is 18.2 Å². The normalized spacial score (nSPS) is 17.7. The van der Waals surface area contributed by atoms with E-state index in [0.717, 1.165) is 38.1 Å². The van der Waals surface area contributed by atoms with Gasteiger partial charge in [-0.15, -0.1) is 24.5 Å². The van der Waals surface area contributed by atoms with Gasteiger partial charge in [0.05, 0.1) is 27.3 Å². The van der Waals surface area contributed by atoms with E-state index in [2.05, 4.69) is 20.0 Å². The summed E-state index contributed by atoms with van der Waals surface area (Å²) in [5.41, 5.74) is 7.18. The number of hydrogen-bond donors (Lipinski definition) is 1. The van der Waals surface area contributed by atoms with Gasteiger partial charge in [-0.3, -0.25) is 9.72 Å². The van der Waals surface area contributed by atoms with E-state index in [-0.39, 0.29) is 11.7 Å². The predicted molar refractivity (Wildman–Crippen MR) is 137 cm³/mol. The van der Waals surface area contributed by atoms with E-state index in [1.165, 1.54) is 6.07 Å². The highest BCUT2D eigenvalue weighted by Crippen LogP contribution is 2.38. The van der Waals surface area contributed by atoms with Crippen LogP contribution < -0.4 is 5.32 Å². The van der Waals surface area contributed by atoms with E-state index in [9.17, 15) is 13.2 Å². The van der Waals surface area contributed by atoms with Crippen LogP contribution in [0.2, 0.25) is 0 Å². The molecule has 0 aliphatic heterocycles. The second-order valence-electron chi connectivity index (χ2n) is 9.29. The van der Waals surface area contributed by atoms with Crippen LogP contribution in [0.4, 0.5) is 28.9 Å². The molecular weight excluding hydrogens is 502 g/mol. The maximum absolute atomic E-state index is 15.2. The number of rotatable bonds is 6. The molecular formula is C28H21F4N3OS. The molecule has 6 rings (SSSR count). The molecule has 9 heteroatoms. The van der Waals surface area contributed by atoms with Gasteiger partial charge in [-0.05, 0) is 78.8 Å². The minimum atomic E-state index is -4.61. The van der Waals surface area contributed by atoms with Gasteiger partial charge in [0, 0.05) is 28.5 Å². The molecule has 0 radical (unpaired) electrons. The Morgan fingerprint density at radius 1 is 0.946 bits per heavy atom. The molecule has 1 saturated carbocycles. The van der Waals surface area contributed by atoms with Crippen molar-refractivity contribution >= 4 is 43.8 Å². The van der Waals surface area contributed by atoms with Crippen molar-refractivity contribution in [2.75, 3.05) is 5.32 Å². The Bertz CT molecular complexity index is 1590. The Morgan fingerprint density at radius 2 is 1.81 bits per heavy atom. The van der Waals surface area contributed by atoms with Crippen molar-refractivity contribution in [2.24, 2.45) is 5.92 Å². The molecule has 5 aromatic rings. The summed E-state index contributed by atoms with van der Waals surface area (Å²) in [6.45, 7) is 0. The number of thiazole rings is 1. The van der Waals surface area contributed by atoms with Gasteiger partial charge >= 0.3 is 6.36 Å². The monoisotopic (exact) mass is 523 g/mol. The number of halogens is 4. The summed E-state index contributed by atoms with van der Waals surface area (Å²) in [5, 5.41) is 4.29. The van der Waals surface area contributed by atoms with E-state index < -0.39 is 12.5 Å². The third-order valence-electron chi connectivity index (χ3n) is 6.71. The summed E-state index contributed by atoms with van der Waals surface area (Å²) in [6.07, 6.45) is -2.51. The van der Waals surface area contributed by atoms with Crippen LogP contribution >= 0.6 is 11.3 Å². The minimum absolute atomic E-state index is 0.0569. The van der Waals surface area contributed by atoms with E-state index in [1.807, 2.05) is 54.0 Å². The van der Waals surface area contributed by atoms with Crippen LogP contribution in [0.5, 0.6) is 0 Å². The zero-order valence-electron chi connectivity index (χ0n) is 19.4. The zero-order chi connectivity index (χ0) is 25.6. The number of aromatic nitrogens is 2. The summed E-state index contributed by atoms with van der Waals surface area (Å²) in [5.74, 6) is -0.312. The van der Waals surface area contributed by atoms with Gasteiger partial charge in [-0.2, -0.15) is 0 Å². The average Bonchev–Trinajstić information content (AvgIpc) is 3.30. The van der Waals surface area contributed by atoms with Crippen molar-refractivity contribution in [3.05, 3.63) is 83.8 Å². The summed E-state index contributed by atoms with van der Waals surface area (Å²) < 4.78 is 57.3. The maximum Gasteiger partial charge on any atom is 0.522 e. The molecule has 1 aliphatic carbocycles. The van der Waals surface area contributed by atoms with Gasteiger partial charge in [0.1, 0.15) is 5.82 Å². The highest BCUT2D eigenvalue weighted by molar-refractivity contribution is 7.16. The van der Waals surface area contributed by atoms with Gasteiger partial charge in [0.15, 0.2) is 0 Å². The zero-order valence-corrected chi connectivity index (χ0v) is 20.2. The SMILES string of the molecule is Fc1cc(CC2CC(OC(F)(F)F)C2)ccc1-c1ccc2nccc(Nc3ccc4scnc4c3)c2c1. The number of anilines is 2. The molecule has 0 amide bonds. The Kier molecular flexibility index (Phi) is 6.04. The molecule has 188 valence electrons. The van der Waals surface area contributed by atoms with E-state index in [4.69, 9.17) is 0 Å². The quantitative estimate of drug-likeness (QED) is 0.228. The second kappa shape index (κ2) is 9.39. The summed E-state index contributed by atoms with van der Waals surface area (Å²) in [6, 6.07) is 18.5. The first-order chi connectivity index (χ1) is 17.8. The molecule has 3 aromatic carbocycles. The third-order valence-corrected chi connectivity index (χ3v) is 7.52. The van der Waals surface area contributed by atoms with Crippen LogP contribution in [0, 0.1) is 11.7 Å². The fourth-order valence-electron chi connectivity index (χ4n) is 4.89. The van der Waals surface area contributed by atoms with Crippen molar-refractivity contribution in [2.45, 2.75) is 31.7 Å². The molecule has 0 spiro atoms. The van der Waals surface area contributed by atoms with Crippen molar-refractivity contribution in [3.63, 3.8) is 0 Å². The predicted octanol–water partition coefficient (Wildman–Crippen LogP) is 8.25. The summed E-state index contributed by atoms with van der Waals surface area (Å²) in [7, 11) is 0. The molecule has 0 bridgehead atoms. The molecule has 0 saturated heterocycles. The maximum atomic E-state index is 15.2. The molecule has 37 heavy (non-hydrogen) atoms. The molecule has 4 nitrogen and oxygen atoms in total. The Balaban J connectivity index is 1.22. The fraction of sp³-hybridized carbons (Fsp3) is 0.214. The minimum Gasteiger partial charge on any atom is -0.355 e. The van der Waals surface area contributed by atoms with Gasteiger partial charge in [0.25, 0.3) is 0 Å². The van der Waals surface area contributed by atoms with Crippen LogP contribution in [0.25, 0.3) is 32.2 Å². The number of nitrogens with zero attached hydrogens (tertiary/aromatic N) is 2. The molecule has 2 heterocycles. The lowest BCUT2D eigenvalue weighted by Crippen LogP contribution is -2.36. The molecule has 1 N–H and O–H groups in total. The summed E-state index contributed by atoms with van der Waals surface area (Å²) >= 11 is 1.59. The lowest BCUT2D eigenvalue weighted by atomic mass is 9.78. The van der Waals surface area contributed by atoms with Gasteiger partial charge in [0.2, 0.25) is 0 Å². The van der Waals surface area contributed by atoms with E-state index in [1.54, 1.807) is 23.6 Å². The van der Waals surface area contributed by atoms with Crippen LogP contribution in [0.3, 0.4) is 0 Å². The first-order valence-electron chi connectivity index (χ1n) is 11.8. The number of nitrogens with one attached hydrogen (secondary N) is 1. The molecule has 1 aliphatic rings. The van der Waals surface area contributed by atoms with Gasteiger partial charge in [-0.25, -0.2) is 9.37 Å². The largest absolute Gasteiger partial charge is 0.522 e. The van der Waals surface area contributed by atoms with Gasteiger partial charge < -0.3 is 5.32 Å². The standard InChI is InChI=1S/C28H21F4N3OS/c29-23-12-16(9-17-10-20(11-17)36-28(30,31)32)1-4-21(23)18-2-5-24-22(13-18)25(7-8-33-24)35-19-3-6-27-26(14-19)34-15-37-27/h1-8,12-15,17,20H,9-11H2,(H,33,35). The van der Waals surface area contributed by atoms with Crippen molar-refractivity contribution < 1.29 is 22.3 Å². The second-order valence-corrected chi connectivity index (χ2v) is 10.2. The smallest absolute Gasteiger partial charge is 0.355 e. The van der Waals surface area contributed by atoms with E-state index in [0.29, 0.717) is 30.4 Å². The average molecular weight is 524 g/mol. The number of fused-ring (bicyclic) bond motifs is 2. The number of ether oxygens (including phenoxy) is 1. The highest BCUT2D eigenvalue weighted by atomic mass is 32.1. The Labute approximate surface area is 213 Å². The number of hydrogen-bond acceptors (Lipinski definition) is 5. The van der Waals surface area contributed by atoms with Crippen molar-refractivity contribution in [1.82, 2.24) is 9.97 Å². The Hall–Kier alpha value is -3.56. The number of alkyl halides is 3. The molecule has 1 fully saturated rings. The highest BCUT2D eigenvalue weighted by Gasteiger charge is 2.40. The Morgan fingerprint density at radius 3 is 2.62 bits per heavy atom. The van der Waals surface area contributed by atoms with Crippen LogP contribution in [0.1, 0.15) is 18.4 Å². The number of benzene rings is 3. The number of pyridine rings is 1. The van der Waals surface area contributed by atoms with Crippen LogP contribution in [-0.4, -0.2) is 22.4 Å². The van der Waals surface area contributed by atoms with Crippen molar-refractivity contribution in [1.29, 1.82) is 0 Å². The topological polar surface area (TPSA) is 47.0 Å². The molecule has 2 aromatic heterocycles. The van der Waals surface area contributed by atoms with Crippen LogP contribution in [0.15, 0.2) is 72.4 Å². The molecule has 0 unspecified atom stereocenters. The fourth-order valence-corrected chi connectivity index (χ4v) is 5.55.